The van der Waals surface area contributed by atoms with Crippen LogP contribution < -0.4 is 5.32 Å². The van der Waals surface area contributed by atoms with Crippen molar-refractivity contribution in [3.05, 3.63) is 18.0 Å². The minimum absolute atomic E-state index is 0.143. The quantitative estimate of drug-likeness (QED) is 0.804. The van der Waals surface area contributed by atoms with E-state index in [9.17, 15) is 0 Å². The van der Waals surface area contributed by atoms with Crippen molar-refractivity contribution in [2.75, 3.05) is 14.2 Å². The van der Waals surface area contributed by atoms with Crippen molar-refractivity contribution < 1.29 is 4.74 Å². The third-order valence-electron chi connectivity index (χ3n) is 2.85. The maximum atomic E-state index is 5.51. The van der Waals surface area contributed by atoms with Gasteiger partial charge in [0, 0.05) is 19.9 Å². The average Bonchev–Trinajstić information content (AvgIpc) is 2.66. The highest BCUT2D eigenvalue weighted by molar-refractivity contribution is 5.11. The van der Waals surface area contributed by atoms with Gasteiger partial charge in [0.15, 0.2) is 0 Å². The summed E-state index contributed by atoms with van der Waals surface area (Å²) < 4.78 is 7.50. The summed E-state index contributed by atoms with van der Waals surface area (Å²) in [5.41, 5.74) is 0.911. The van der Waals surface area contributed by atoms with E-state index in [0.717, 1.165) is 12.2 Å². The van der Waals surface area contributed by atoms with E-state index in [0.29, 0.717) is 0 Å². The summed E-state index contributed by atoms with van der Waals surface area (Å²) in [6.45, 7) is 7.10. The molecule has 0 saturated heterocycles. The number of hydrogen-bond acceptors (Lipinski definition) is 3. The monoisotopic (exact) mass is 211 g/mol. The van der Waals surface area contributed by atoms with Gasteiger partial charge in [-0.1, -0.05) is 0 Å². The van der Waals surface area contributed by atoms with E-state index in [2.05, 4.69) is 31.2 Å². The molecule has 4 nitrogen and oxygen atoms in total. The van der Waals surface area contributed by atoms with Gasteiger partial charge in [-0.2, -0.15) is 5.10 Å². The largest absolute Gasteiger partial charge is 0.377 e. The van der Waals surface area contributed by atoms with Crippen LogP contribution in [0.5, 0.6) is 0 Å². The van der Waals surface area contributed by atoms with Crippen LogP contribution in [0.15, 0.2) is 12.3 Å². The number of nitrogens with one attached hydrogen (secondary N) is 1. The number of aryl methyl sites for hydroxylation is 1. The van der Waals surface area contributed by atoms with Gasteiger partial charge >= 0.3 is 0 Å². The first-order valence-electron chi connectivity index (χ1n) is 5.31. The zero-order valence-corrected chi connectivity index (χ0v) is 10.2. The molecular formula is C11H21N3O. The first-order chi connectivity index (χ1) is 7.06. The molecule has 86 valence electrons. The Balaban J connectivity index is 3.02. The topological polar surface area (TPSA) is 39.1 Å². The summed E-state index contributed by atoms with van der Waals surface area (Å²) in [5.74, 6) is 0. The van der Waals surface area contributed by atoms with Crippen molar-refractivity contribution in [1.29, 1.82) is 0 Å². The zero-order chi connectivity index (χ0) is 11.5. The van der Waals surface area contributed by atoms with Gasteiger partial charge in [-0.25, -0.2) is 0 Å². The molecule has 0 aromatic carbocycles. The van der Waals surface area contributed by atoms with Gasteiger partial charge in [-0.15, -0.1) is 0 Å². The lowest BCUT2D eigenvalue weighted by Crippen LogP contribution is -2.40. The number of likely N-dealkylation sites (N-methyl/N-ethyl adjacent to an activating group) is 1. The molecule has 1 aromatic heterocycles. The molecule has 1 atom stereocenters. The van der Waals surface area contributed by atoms with Crippen LogP contribution in [0.2, 0.25) is 0 Å². The molecule has 1 rings (SSSR count). The molecule has 0 amide bonds. The van der Waals surface area contributed by atoms with E-state index >= 15 is 0 Å². The first-order valence-corrected chi connectivity index (χ1v) is 5.31. The van der Waals surface area contributed by atoms with Crippen LogP contribution in [0.3, 0.4) is 0 Å². The predicted molar refractivity (Wildman–Crippen MR) is 60.8 cm³/mol. The Bertz CT molecular complexity index is 307. The SMILES string of the molecule is CCn1nccc1C(NC)C(C)(C)OC. The van der Waals surface area contributed by atoms with Gasteiger partial charge in [-0.3, -0.25) is 4.68 Å². The van der Waals surface area contributed by atoms with Gasteiger partial charge in [-0.05, 0) is 33.9 Å². The summed E-state index contributed by atoms with van der Waals surface area (Å²) in [7, 11) is 3.68. The summed E-state index contributed by atoms with van der Waals surface area (Å²) in [6.07, 6.45) is 1.83. The average molecular weight is 211 g/mol. The number of rotatable bonds is 5. The van der Waals surface area contributed by atoms with Crippen LogP contribution in [-0.4, -0.2) is 29.5 Å². The summed E-state index contributed by atoms with van der Waals surface area (Å²) in [5, 5.41) is 7.56. The lowest BCUT2D eigenvalue weighted by atomic mass is 9.95. The molecule has 1 unspecified atom stereocenters. The Morgan fingerprint density at radius 1 is 1.60 bits per heavy atom. The Morgan fingerprint density at radius 3 is 2.73 bits per heavy atom. The second-order valence-corrected chi connectivity index (χ2v) is 4.10. The van der Waals surface area contributed by atoms with Crippen LogP contribution in [0.1, 0.15) is 32.5 Å². The lowest BCUT2D eigenvalue weighted by molar-refractivity contribution is -0.0113. The van der Waals surface area contributed by atoms with Gasteiger partial charge in [0.05, 0.1) is 17.3 Å². The standard InChI is InChI=1S/C11H21N3O/c1-6-14-9(7-8-13-14)10(12-4)11(2,3)15-5/h7-8,10,12H,6H2,1-5H3. The molecule has 15 heavy (non-hydrogen) atoms. The maximum Gasteiger partial charge on any atom is 0.0831 e. The molecule has 4 heteroatoms. The van der Waals surface area contributed by atoms with E-state index < -0.39 is 0 Å². The molecule has 1 N–H and O–H groups in total. The summed E-state index contributed by atoms with van der Waals surface area (Å²) >= 11 is 0. The highest BCUT2D eigenvalue weighted by Gasteiger charge is 2.31. The number of hydrogen-bond donors (Lipinski definition) is 1. The highest BCUT2D eigenvalue weighted by Crippen LogP contribution is 2.27. The second-order valence-electron chi connectivity index (χ2n) is 4.10. The van der Waals surface area contributed by atoms with Gasteiger partial charge in [0.1, 0.15) is 0 Å². The third kappa shape index (κ3) is 2.38. The van der Waals surface area contributed by atoms with Crippen LogP contribution in [0.4, 0.5) is 0 Å². The Labute approximate surface area is 91.6 Å². The van der Waals surface area contributed by atoms with Crippen molar-refractivity contribution in [1.82, 2.24) is 15.1 Å². The van der Waals surface area contributed by atoms with Crippen molar-refractivity contribution >= 4 is 0 Å². The van der Waals surface area contributed by atoms with E-state index in [1.54, 1.807) is 7.11 Å². The van der Waals surface area contributed by atoms with Crippen molar-refractivity contribution in [2.24, 2.45) is 0 Å². The third-order valence-corrected chi connectivity index (χ3v) is 2.85. The Hall–Kier alpha value is -0.870. The number of aromatic nitrogens is 2. The smallest absolute Gasteiger partial charge is 0.0831 e. The van der Waals surface area contributed by atoms with E-state index in [4.69, 9.17) is 4.74 Å². The van der Waals surface area contributed by atoms with Crippen LogP contribution in [0, 0.1) is 0 Å². The van der Waals surface area contributed by atoms with Crippen LogP contribution in [-0.2, 0) is 11.3 Å². The highest BCUT2D eigenvalue weighted by atomic mass is 16.5. The molecule has 0 spiro atoms. The van der Waals surface area contributed by atoms with Gasteiger partial charge in [0.2, 0.25) is 0 Å². The fraction of sp³-hybridized carbons (Fsp3) is 0.727. The maximum absolute atomic E-state index is 5.51. The molecule has 0 aliphatic rings. The predicted octanol–water partition coefficient (Wildman–Crippen LogP) is 1.59. The molecule has 0 aliphatic carbocycles. The first kappa shape index (κ1) is 12.2. The van der Waals surface area contributed by atoms with Crippen molar-refractivity contribution in [3.63, 3.8) is 0 Å². The van der Waals surface area contributed by atoms with Crippen LogP contribution >= 0.6 is 0 Å². The number of ether oxygens (including phenoxy) is 1. The minimum Gasteiger partial charge on any atom is -0.377 e. The molecule has 1 aromatic rings. The van der Waals surface area contributed by atoms with Gasteiger partial charge < -0.3 is 10.1 Å². The fourth-order valence-corrected chi connectivity index (χ4v) is 1.82. The molecule has 0 aliphatic heterocycles. The molecule has 0 fully saturated rings. The fourth-order valence-electron chi connectivity index (χ4n) is 1.82. The molecule has 0 saturated carbocycles. The van der Waals surface area contributed by atoms with Gasteiger partial charge in [0.25, 0.3) is 0 Å². The summed E-state index contributed by atoms with van der Waals surface area (Å²) in [6, 6.07) is 2.18. The molecular weight excluding hydrogens is 190 g/mol. The summed E-state index contributed by atoms with van der Waals surface area (Å²) in [4.78, 5) is 0. The Morgan fingerprint density at radius 2 is 2.27 bits per heavy atom. The van der Waals surface area contributed by atoms with E-state index in [1.165, 1.54) is 0 Å². The molecule has 0 bridgehead atoms. The Kier molecular flexibility index (Phi) is 3.88. The second kappa shape index (κ2) is 4.77. The number of methoxy groups -OCH3 is 1. The molecule has 0 radical (unpaired) electrons. The van der Waals surface area contributed by atoms with Crippen LogP contribution in [0.25, 0.3) is 0 Å². The lowest BCUT2D eigenvalue weighted by Gasteiger charge is -2.33. The molecule has 1 heterocycles. The van der Waals surface area contributed by atoms with Crippen molar-refractivity contribution in [2.45, 2.75) is 39.0 Å². The zero-order valence-electron chi connectivity index (χ0n) is 10.2. The minimum atomic E-state index is -0.248. The number of nitrogens with zero attached hydrogens (tertiary/aromatic N) is 2. The van der Waals surface area contributed by atoms with E-state index in [1.807, 2.05) is 24.0 Å². The normalized spacial score (nSPS) is 14.2. The van der Waals surface area contributed by atoms with E-state index in [-0.39, 0.29) is 11.6 Å². The van der Waals surface area contributed by atoms with Crippen molar-refractivity contribution in [3.8, 4) is 0 Å².